The van der Waals surface area contributed by atoms with Crippen molar-refractivity contribution in [3.63, 3.8) is 0 Å². The minimum absolute atomic E-state index is 0.902. The number of aryl methyl sites for hydroxylation is 1. The number of rotatable bonds is 5. The van der Waals surface area contributed by atoms with Gasteiger partial charge in [0.15, 0.2) is 0 Å². The zero-order valence-corrected chi connectivity index (χ0v) is 10.1. The van der Waals surface area contributed by atoms with Gasteiger partial charge >= 0.3 is 0 Å². The van der Waals surface area contributed by atoms with Crippen LogP contribution >= 0.6 is 11.8 Å². The number of hydrogen-bond acceptors (Lipinski definition) is 3. The quantitative estimate of drug-likeness (QED) is 0.771. The smallest absolute Gasteiger partial charge is 0.105 e. The molecule has 3 nitrogen and oxygen atoms in total. The maximum atomic E-state index is 4.20. The van der Waals surface area contributed by atoms with Gasteiger partial charge in [0.1, 0.15) is 5.82 Å². The fourth-order valence-corrected chi connectivity index (χ4v) is 3.17. The molecule has 1 aliphatic heterocycles. The number of nitrogens with zero attached hydrogens (tertiary/aromatic N) is 2. The molecule has 0 radical (unpaired) electrons. The van der Waals surface area contributed by atoms with Gasteiger partial charge < -0.3 is 9.88 Å². The van der Waals surface area contributed by atoms with Crippen molar-refractivity contribution in [2.75, 3.05) is 24.6 Å². The Balaban J connectivity index is 1.60. The van der Waals surface area contributed by atoms with E-state index in [-0.39, 0.29) is 0 Å². The Morgan fingerprint density at radius 1 is 1.67 bits per heavy atom. The number of aromatic nitrogens is 2. The summed E-state index contributed by atoms with van der Waals surface area (Å²) in [6.45, 7) is 5.32. The van der Waals surface area contributed by atoms with Crippen LogP contribution in [0.4, 0.5) is 0 Å². The van der Waals surface area contributed by atoms with E-state index in [0.717, 1.165) is 24.8 Å². The van der Waals surface area contributed by atoms with E-state index in [1.807, 2.05) is 19.3 Å². The monoisotopic (exact) mass is 225 g/mol. The highest BCUT2D eigenvalue weighted by Gasteiger charge is 2.14. The van der Waals surface area contributed by atoms with Gasteiger partial charge in [0.05, 0.1) is 0 Å². The van der Waals surface area contributed by atoms with Crippen LogP contribution in [-0.2, 0) is 6.54 Å². The molecule has 0 aromatic carbocycles. The van der Waals surface area contributed by atoms with Crippen LogP contribution in [0.3, 0.4) is 0 Å². The Labute approximate surface area is 95.7 Å². The van der Waals surface area contributed by atoms with Crippen molar-refractivity contribution in [3.05, 3.63) is 18.2 Å². The van der Waals surface area contributed by atoms with E-state index in [0.29, 0.717) is 0 Å². The predicted molar refractivity (Wildman–Crippen MR) is 65.3 cm³/mol. The number of imidazole rings is 1. The van der Waals surface area contributed by atoms with Crippen molar-refractivity contribution in [2.45, 2.75) is 19.9 Å². The van der Waals surface area contributed by atoms with Crippen molar-refractivity contribution >= 4 is 11.8 Å². The summed E-state index contributed by atoms with van der Waals surface area (Å²) in [6, 6.07) is 0. The summed E-state index contributed by atoms with van der Waals surface area (Å²) in [5.41, 5.74) is 0. The molecule has 84 valence electrons. The standard InChI is InChI=1S/C11H19N3S/c1-10-13-4-6-14(10)5-3-12-8-11-2-7-15-9-11/h4,6,11-12H,2-3,5,7-9H2,1H3. The Kier molecular flexibility index (Phi) is 4.09. The summed E-state index contributed by atoms with van der Waals surface area (Å²) in [5.74, 6) is 4.71. The average Bonchev–Trinajstić information content (AvgIpc) is 2.85. The third-order valence-electron chi connectivity index (χ3n) is 2.91. The number of hydrogen-bond donors (Lipinski definition) is 1. The predicted octanol–water partition coefficient (Wildman–Crippen LogP) is 1.53. The summed E-state index contributed by atoms with van der Waals surface area (Å²) in [4.78, 5) is 4.20. The summed E-state index contributed by atoms with van der Waals surface area (Å²) < 4.78 is 2.19. The molecule has 1 N–H and O–H groups in total. The third-order valence-corrected chi connectivity index (χ3v) is 4.14. The van der Waals surface area contributed by atoms with Crippen LogP contribution in [0.1, 0.15) is 12.2 Å². The first-order valence-corrected chi connectivity index (χ1v) is 6.78. The number of thioether (sulfide) groups is 1. The molecule has 4 heteroatoms. The highest BCUT2D eigenvalue weighted by molar-refractivity contribution is 7.99. The van der Waals surface area contributed by atoms with Gasteiger partial charge in [0.2, 0.25) is 0 Å². The van der Waals surface area contributed by atoms with E-state index in [9.17, 15) is 0 Å². The summed E-state index contributed by atoms with van der Waals surface area (Å²) >= 11 is 2.09. The van der Waals surface area contributed by atoms with E-state index in [2.05, 4.69) is 26.6 Å². The molecule has 0 amide bonds. The van der Waals surface area contributed by atoms with Crippen LogP contribution in [0.2, 0.25) is 0 Å². The first kappa shape index (κ1) is 11.0. The highest BCUT2D eigenvalue weighted by atomic mass is 32.2. The molecule has 2 rings (SSSR count). The molecule has 0 bridgehead atoms. The van der Waals surface area contributed by atoms with Crippen LogP contribution in [0.25, 0.3) is 0 Å². The normalized spacial score (nSPS) is 21.0. The van der Waals surface area contributed by atoms with Crippen LogP contribution in [0.5, 0.6) is 0 Å². The molecule has 0 aliphatic carbocycles. The molecular weight excluding hydrogens is 206 g/mol. The van der Waals surface area contributed by atoms with Crippen LogP contribution in [-0.4, -0.2) is 34.1 Å². The lowest BCUT2D eigenvalue weighted by molar-refractivity contribution is 0.501. The second kappa shape index (κ2) is 5.56. The summed E-state index contributed by atoms with van der Waals surface area (Å²) in [7, 11) is 0. The fourth-order valence-electron chi connectivity index (χ4n) is 1.89. The zero-order valence-electron chi connectivity index (χ0n) is 9.28. The molecule has 0 saturated carbocycles. The largest absolute Gasteiger partial charge is 0.334 e. The topological polar surface area (TPSA) is 29.9 Å². The van der Waals surface area contributed by atoms with E-state index in [4.69, 9.17) is 0 Å². The number of nitrogens with one attached hydrogen (secondary N) is 1. The summed E-state index contributed by atoms with van der Waals surface area (Å²) in [5, 5.41) is 3.53. The van der Waals surface area contributed by atoms with Crippen molar-refractivity contribution in [1.82, 2.24) is 14.9 Å². The Bertz CT molecular complexity index is 292. The van der Waals surface area contributed by atoms with E-state index in [1.54, 1.807) is 0 Å². The van der Waals surface area contributed by atoms with Gasteiger partial charge in [-0.3, -0.25) is 0 Å². The molecule has 1 unspecified atom stereocenters. The fraction of sp³-hybridized carbons (Fsp3) is 0.727. The lowest BCUT2D eigenvalue weighted by Gasteiger charge is -2.10. The van der Waals surface area contributed by atoms with Crippen molar-refractivity contribution in [1.29, 1.82) is 0 Å². The van der Waals surface area contributed by atoms with Gasteiger partial charge in [-0.25, -0.2) is 4.98 Å². The maximum absolute atomic E-state index is 4.20. The van der Waals surface area contributed by atoms with E-state index >= 15 is 0 Å². The minimum Gasteiger partial charge on any atom is -0.334 e. The van der Waals surface area contributed by atoms with Gasteiger partial charge in [-0.05, 0) is 37.3 Å². The third kappa shape index (κ3) is 3.24. The Hall–Kier alpha value is -0.480. The minimum atomic E-state index is 0.902. The second-order valence-electron chi connectivity index (χ2n) is 4.10. The van der Waals surface area contributed by atoms with Crippen molar-refractivity contribution in [2.24, 2.45) is 5.92 Å². The average molecular weight is 225 g/mol. The van der Waals surface area contributed by atoms with Crippen molar-refractivity contribution < 1.29 is 0 Å². The second-order valence-corrected chi connectivity index (χ2v) is 5.25. The molecular formula is C11H19N3S. The van der Waals surface area contributed by atoms with Gasteiger partial charge in [0.25, 0.3) is 0 Å². The van der Waals surface area contributed by atoms with Gasteiger partial charge in [-0.2, -0.15) is 11.8 Å². The SMILES string of the molecule is Cc1nccn1CCNCC1CCSC1. The first-order chi connectivity index (χ1) is 7.36. The molecule has 1 aliphatic rings. The Morgan fingerprint density at radius 3 is 3.27 bits per heavy atom. The summed E-state index contributed by atoms with van der Waals surface area (Å²) in [6.07, 6.45) is 5.30. The lowest BCUT2D eigenvalue weighted by Crippen LogP contribution is -2.26. The molecule has 0 spiro atoms. The van der Waals surface area contributed by atoms with Crippen LogP contribution in [0.15, 0.2) is 12.4 Å². The van der Waals surface area contributed by atoms with Gasteiger partial charge in [-0.1, -0.05) is 0 Å². The van der Waals surface area contributed by atoms with Crippen molar-refractivity contribution in [3.8, 4) is 0 Å². The maximum Gasteiger partial charge on any atom is 0.105 e. The molecule has 1 aromatic rings. The van der Waals surface area contributed by atoms with Gasteiger partial charge in [0, 0.05) is 25.5 Å². The zero-order chi connectivity index (χ0) is 10.5. The molecule has 15 heavy (non-hydrogen) atoms. The van der Waals surface area contributed by atoms with Gasteiger partial charge in [-0.15, -0.1) is 0 Å². The van der Waals surface area contributed by atoms with Crippen LogP contribution < -0.4 is 5.32 Å². The van der Waals surface area contributed by atoms with Crippen LogP contribution in [0, 0.1) is 12.8 Å². The highest BCUT2D eigenvalue weighted by Crippen LogP contribution is 2.22. The lowest BCUT2D eigenvalue weighted by atomic mass is 10.1. The molecule has 1 saturated heterocycles. The van der Waals surface area contributed by atoms with E-state index in [1.165, 1.54) is 24.5 Å². The Morgan fingerprint density at radius 2 is 2.60 bits per heavy atom. The van der Waals surface area contributed by atoms with E-state index < -0.39 is 0 Å². The molecule has 1 fully saturated rings. The molecule has 1 atom stereocenters. The molecule has 1 aromatic heterocycles. The first-order valence-electron chi connectivity index (χ1n) is 5.62. The molecule has 2 heterocycles.